The van der Waals surface area contributed by atoms with Crippen LogP contribution in [-0.2, 0) is 11.2 Å². The summed E-state index contributed by atoms with van der Waals surface area (Å²) in [4.78, 5) is 21.8. The lowest BCUT2D eigenvalue weighted by molar-refractivity contribution is -0.136. The number of fused-ring (bicyclic) bond motifs is 3. The quantitative estimate of drug-likeness (QED) is 0.742. The Kier molecular flexibility index (Phi) is 4.15. The highest BCUT2D eigenvalue weighted by Crippen LogP contribution is 2.30. The van der Waals surface area contributed by atoms with Gasteiger partial charge in [-0.2, -0.15) is 4.98 Å². The second-order valence-corrected chi connectivity index (χ2v) is 6.28. The van der Waals surface area contributed by atoms with Crippen molar-refractivity contribution in [3.63, 3.8) is 0 Å². The van der Waals surface area contributed by atoms with Crippen molar-refractivity contribution >= 4 is 17.7 Å². The van der Waals surface area contributed by atoms with Gasteiger partial charge in [-0.25, -0.2) is 4.98 Å². The third-order valence-electron chi connectivity index (χ3n) is 4.80. The van der Waals surface area contributed by atoms with Crippen LogP contribution < -0.4 is 11.1 Å². The van der Waals surface area contributed by atoms with E-state index in [9.17, 15) is 4.79 Å². The van der Waals surface area contributed by atoms with Crippen LogP contribution in [0.15, 0.2) is 0 Å². The van der Waals surface area contributed by atoms with Crippen molar-refractivity contribution in [2.75, 3.05) is 30.7 Å². The van der Waals surface area contributed by atoms with E-state index in [0.29, 0.717) is 24.2 Å². The molecular formula is C15H23N5O2. The molecule has 3 aliphatic heterocycles. The molecule has 0 saturated carbocycles. The van der Waals surface area contributed by atoms with Crippen LogP contribution in [-0.4, -0.2) is 51.6 Å². The second-order valence-electron chi connectivity index (χ2n) is 6.28. The Morgan fingerprint density at radius 1 is 1.41 bits per heavy atom. The number of nitrogen functional groups attached to an aromatic ring is 1. The van der Waals surface area contributed by atoms with E-state index in [1.54, 1.807) is 0 Å². The van der Waals surface area contributed by atoms with Gasteiger partial charge in [-0.3, -0.25) is 4.79 Å². The van der Waals surface area contributed by atoms with Crippen molar-refractivity contribution in [3.8, 4) is 0 Å². The number of hydrogen-bond donors (Lipinski definition) is 3. The molecule has 0 aliphatic carbocycles. The third-order valence-corrected chi connectivity index (χ3v) is 4.80. The largest absolute Gasteiger partial charge is 0.481 e. The Bertz CT molecular complexity index is 569. The average Bonchev–Trinajstić information content (AvgIpc) is 2.47. The molecule has 1 atom stereocenters. The molecule has 4 rings (SSSR count). The SMILES string of the molecule is Cc1nc(N)nc(N[C@@H]2CN3CCC2CC3)c1CCC(=O)O. The number of anilines is 2. The zero-order chi connectivity index (χ0) is 15.7. The molecule has 7 nitrogen and oxygen atoms in total. The number of rotatable bonds is 5. The standard InChI is InChI=1S/C15H23N5O2/c1-9-11(2-3-13(21)22)14(19-15(16)17-9)18-12-8-20-6-4-10(12)5-7-20/h10,12H,2-8H2,1H3,(H,21,22)(H3,16,17,18,19)/t12-/m1/s1. The van der Waals surface area contributed by atoms with E-state index < -0.39 is 5.97 Å². The highest BCUT2D eigenvalue weighted by Gasteiger charge is 2.34. The van der Waals surface area contributed by atoms with Crippen molar-refractivity contribution in [1.82, 2.24) is 14.9 Å². The van der Waals surface area contributed by atoms with Crippen molar-refractivity contribution in [3.05, 3.63) is 11.3 Å². The molecule has 4 heterocycles. The van der Waals surface area contributed by atoms with E-state index in [4.69, 9.17) is 10.8 Å². The highest BCUT2D eigenvalue weighted by molar-refractivity contribution is 5.67. The summed E-state index contributed by atoms with van der Waals surface area (Å²) in [5, 5.41) is 12.4. The Labute approximate surface area is 129 Å². The summed E-state index contributed by atoms with van der Waals surface area (Å²) in [6.45, 7) is 5.24. The monoisotopic (exact) mass is 305 g/mol. The zero-order valence-corrected chi connectivity index (χ0v) is 12.9. The minimum Gasteiger partial charge on any atom is -0.481 e. The van der Waals surface area contributed by atoms with Gasteiger partial charge < -0.3 is 21.1 Å². The number of carboxylic acids is 1. The molecule has 0 unspecified atom stereocenters. The number of aromatic nitrogens is 2. The number of aliphatic carboxylic acids is 1. The normalized spacial score (nSPS) is 26.9. The van der Waals surface area contributed by atoms with Crippen LogP contribution in [0, 0.1) is 12.8 Å². The van der Waals surface area contributed by atoms with Gasteiger partial charge in [0.2, 0.25) is 5.95 Å². The minimum absolute atomic E-state index is 0.0724. The van der Waals surface area contributed by atoms with E-state index in [1.807, 2.05) is 6.92 Å². The molecule has 7 heteroatoms. The lowest BCUT2D eigenvalue weighted by Gasteiger charge is -2.45. The molecule has 1 aromatic rings. The van der Waals surface area contributed by atoms with Crippen LogP contribution in [0.2, 0.25) is 0 Å². The van der Waals surface area contributed by atoms with Crippen molar-refractivity contribution in [2.24, 2.45) is 5.92 Å². The molecule has 0 spiro atoms. The van der Waals surface area contributed by atoms with Crippen molar-refractivity contribution in [1.29, 1.82) is 0 Å². The molecule has 0 amide bonds. The van der Waals surface area contributed by atoms with Gasteiger partial charge in [0.15, 0.2) is 0 Å². The van der Waals surface area contributed by atoms with Gasteiger partial charge >= 0.3 is 5.97 Å². The van der Waals surface area contributed by atoms with Gasteiger partial charge in [0, 0.05) is 30.3 Å². The van der Waals surface area contributed by atoms with Crippen LogP contribution in [0.5, 0.6) is 0 Å². The molecule has 0 aromatic carbocycles. The molecule has 22 heavy (non-hydrogen) atoms. The fourth-order valence-corrected chi connectivity index (χ4v) is 3.57. The fourth-order valence-electron chi connectivity index (χ4n) is 3.57. The highest BCUT2D eigenvalue weighted by atomic mass is 16.4. The van der Waals surface area contributed by atoms with Gasteiger partial charge in [0.25, 0.3) is 0 Å². The number of aryl methyl sites for hydroxylation is 1. The number of hydrogen-bond acceptors (Lipinski definition) is 6. The topological polar surface area (TPSA) is 104 Å². The Morgan fingerprint density at radius 2 is 2.14 bits per heavy atom. The Hall–Kier alpha value is -1.89. The maximum Gasteiger partial charge on any atom is 0.303 e. The van der Waals surface area contributed by atoms with E-state index in [-0.39, 0.29) is 12.4 Å². The molecule has 120 valence electrons. The first kappa shape index (κ1) is 15.0. The lowest BCUT2D eigenvalue weighted by Crippen LogP contribution is -2.53. The van der Waals surface area contributed by atoms with Crippen molar-refractivity contribution in [2.45, 2.75) is 38.6 Å². The molecule has 1 aromatic heterocycles. The lowest BCUT2D eigenvalue weighted by atomic mass is 9.84. The maximum absolute atomic E-state index is 10.9. The van der Waals surface area contributed by atoms with Crippen LogP contribution in [0.3, 0.4) is 0 Å². The molecule has 3 saturated heterocycles. The molecule has 4 N–H and O–H groups in total. The molecule has 3 aliphatic rings. The number of carbonyl (C=O) groups is 1. The smallest absolute Gasteiger partial charge is 0.303 e. The van der Waals surface area contributed by atoms with Gasteiger partial charge in [0.1, 0.15) is 5.82 Å². The summed E-state index contributed by atoms with van der Waals surface area (Å²) in [5.74, 6) is 0.796. The second kappa shape index (κ2) is 6.08. The first-order chi connectivity index (χ1) is 10.5. The van der Waals surface area contributed by atoms with Crippen LogP contribution >= 0.6 is 0 Å². The van der Waals surface area contributed by atoms with Gasteiger partial charge in [-0.1, -0.05) is 0 Å². The first-order valence-corrected chi connectivity index (χ1v) is 7.86. The van der Waals surface area contributed by atoms with Gasteiger partial charge in [0.05, 0.1) is 0 Å². The van der Waals surface area contributed by atoms with E-state index >= 15 is 0 Å². The summed E-state index contributed by atoms with van der Waals surface area (Å²) in [6, 6.07) is 0.361. The summed E-state index contributed by atoms with van der Waals surface area (Å²) >= 11 is 0. The first-order valence-electron chi connectivity index (χ1n) is 7.86. The maximum atomic E-state index is 10.9. The summed E-state index contributed by atoms with van der Waals surface area (Å²) in [5.41, 5.74) is 7.41. The predicted octanol–water partition coefficient (Wildman–Crippen LogP) is 0.891. The average molecular weight is 305 g/mol. The van der Waals surface area contributed by atoms with Crippen LogP contribution in [0.4, 0.5) is 11.8 Å². The number of nitrogens with two attached hydrogens (primary N) is 1. The number of nitrogens with one attached hydrogen (secondary N) is 1. The van der Waals surface area contributed by atoms with Crippen molar-refractivity contribution < 1.29 is 9.90 Å². The number of carboxylic acid groups (broad SMARTS) is 1. The van der Waals surface area contributed by atoms with Gasteiger partial charge in [-0.05, 0) is 45.2 Å². The number of piperidine rings is 3. The zero-order valence-electron chi connectivity index (χ0n) is 12.9. The molecule has 0 radical (unpaired) electrons. The Balaban J connectivity index is 1.80. The Morgan fingerprint density at radius 3 is 2.73 bits per heavy atom. The van der Waals surface area contributed by atoms with Crippen LogP contribution in [0.1, 0.15) is 30.5 Å². The summed E-state index contributed by atoms with van der Waals surface area (Å²) < 4.78 is 0. The molecular weight excluding hydrogens is 282 g/mol. The fraction of sp³-hybridized carbons (Fsp3) is 0.667. The van der Waals surface area contributed by atoms with E-state index in [1.165, 1.54) is 25.9 Å². The van der Waals surface area contributed by atoms with Gasteiger partial charge in [-0.15, -0.1) is 0 Å². The summed E-state index contributed by atoms with van der Waals surface area (Å²) in [7, 11) is 0. The third kappa shape index (κ3) is 3.14. The molecule has 3 fully saturated rings. The predicted molar refractivity (Wildman–Crippen MR) is 83.7 cm³/mol. The number of nitrogens with zero attached hydrogens (tertiary/aromatic N) is 3. The summed E-state index contributed by atoms with van der Waals surface area (Å²) in [6.07, 6.45) is 2.91. The van der Waals surface area contributed by atoms with E-state index in [0.717, 1.165) is 17.8 Å². The molecule has 2 bridgehead atoms. The minimum atomic E-state index is -0.815. The van der Waals surface area contributed by atoms with Crippen LogP contribution in [0.25, 0.3) is 0 Å². The van der Waals surface area contributed by atoms with E-state index in [2.05, 4.69) is 20.2 Å².